The van der Waals surface area contributed by atoms with Gasteiger partial charge in [0.05, 0.1) is 47.6 Å². The minimum atomic E-state index is -4.05. The molecule has 0 aromatic heterocycles. The fourth-order valence-corrected chi connectivity index (χ4v) is 1.30. The SMILES string of the molecule is CC(C)[O-].NCCS(=O)(=O)[O-].NCCS(=O)(=O)[O-].NCCS(=O)(=O)[O-].[Ti+4]. The second-order valence-corrected chi connectivity index (χ2v) is 8.77. The zero-order valence-electron chi connectivity index (χ0n) is 14.4. The van der Waals surface area contributed by atoms with Gasteiger partial charge in [-0.15, -0.1) is 6.10 Å². The second kappa shape index (κ2) is 20.0. The molecule has 0 saturated carbocycles. The van der Waals surface area contributed by atoms with Crippen LogP contribution in [0.3, 0.4) is 0 Å². The maximum atomic E-state index is 9.60. The van der Waals surface area contributed by atoms with Gasteiger partial charge < -0.3 is 36.0 Å². The number of hydrogen-bond donors (Lipinski definition) is 3. The topological polar surface area (TPSA) is 273 Å². The third-order valence-corrected chi connectivity index (χ3v) is 3.31. The van der Waals surface area contributed by atoms with Gasteiger partial charge in [0.2, 0.25) is 0 Å². The fraction of sp³-hybridized carbons (Fsp3) is 1.00. The molecule has 0 rings (SSSR count). The average molecular weight is 479 g/mol. The Bertz CT molecular complexity index is 509. The van der Waals surface area contributed by atoms with Gasteiger partial charge in [-0.05, 0) is 0 Å². The molecule has 0 radical (unpaired) electrons. The van der Waals surface area contributed by atoms with E-state index in [0.717, 1.165) is 0 Å². The molecule has 0 amide bonds. The number of hydrogen-bond acceptors (Lipinski definition) is 13. The van der Waals surface area contributed by atoms with Crippen molar-refractivity contribution < 1.29 is 65.7 Å². The zero-order chi connectivity index (χ0) is 21.3. The van der Waals surface area contributed by atoms with Crippen molar-refractivity contribution >= 4 is 30.4 Å². The van der Waals surface area contributed by atoms with Gasteiger partial charge in [0.25, 0.3) is 0 Å². The maximum Gasteiger partial charge on any atom is 4.00 e. The Kier molecular flexibility index (Phi) is 28.6. The summed E-state index contributed by atoms with van der Waals surface area (Å²) in [6, 6.07) is 0. The van der Waals surface area contributed by atoms with Crippen molar-refractivity contribution in [2.24, 2.45) is 17.2 Å². The largest absolute Gasteiger partial charge is 4.00 e. The molecule has 0 aromatic rings. The summed E-state index contributed by atoms with van der Waals surface area (Å²) < 4.78 is 86.4. The van der Waals surface area contributed by atoms with Crippen LogP contribution in [0, 0.1) is 0 Å². The van der Waals surface area contributed by atoms with E-state index in [4.69, 9.17) is 17.2 Å². The molecule has 6 N–H and O–H groups in total. The van der Waals surface area contributed by atoms with E-state index < -0.39 is 53.7 Å². The standard InChI is InChI=1S/C3H7O.3C2H7NO3S.Ti/c1-3(2)4;3*3-1-2-7(4,5)6;/h3H,1-2H3;3*1-3H2,(H,4,5,6);/q-1;;;;+4/p-3. The first-order valence-corrected chi connectivity index (χ1v) is 11.2. The Hall–Kier alpha value is 0.284. The van der Waals surface area contributed by atoms with Crippen LogP contribution in [0.1, 0.15) is 13.8 Å². The molecule has 0 aliphatic heterocycles. The van der Waals surface area contributed by atoms with Crippen molar-refractivity contribution in [2.75, 3.05) is 36.9 Å². The molecule has 26 heavy (non-hydrogen) atoms. The molecular weight excluding hydrogens is 454 g/mol. The van der Waals surface area contributed by atoms with Gasteiger partial charge in [-0.3, -0.25) is 0 Å². The molecule has 0 saturated heterocycles. The maximum absolute atomic E-state index is 9.60. The van der Waals surface area contributed by atoms with E-state index in [1.807, 2.05) is 0 Å². The summed E-state index contributed by atoms with van der Waals surface area (Å²) >= 11 is 0. The first kappa shape index (κ1) is 37.1. The Morgan fingerprint density at radius 3 is 0.769 bits per heavy atom. The molecule has 0 aromatic carbocycles. The van der Waals surface area contributed by atoms with Crippen molar-refractivity contribution in [3.8, 4) is 0 Å². The average Bonchev–Trinajstić information content (AvgIpc) is 2.24. The normalized spacial score (nSPS) is 10.8. The number of rotatable bonds is 6. The molecule has 0 atom stereocenters. The molecule has 0 spiro atoms. The van der Waals surface area contributed by atoms with Gasteiger partial charge in [0.1, 0.15) is 0 Å². The van der Waals surface area contributed by atoms with Gasteiger partial charge in [0.15, 0.2) is 0 Å². The Morgan fingerprint density at radius 2 is 0.769 bits per heavy atom. The van der Waals surface area contributed by atoms with Crippen LogP contribution in [-0.2, 0) is 52.1 Å². The predicted octanol–water partition coefficient (Wildman–Crippen LogP) is -4.78. The van der Waals surface area contributed by atoms with E-state index in [1.165, 1.54) is 0 Å². The summed E-state index contributed by atoms with van der Waals surface area (Å²) in [7, 11) is -12.1. The van der Waals surface area contributed by atoms with Crippen LogP contribution < -0.4 is 22.3 Å². The quantitative estimate of drug-likeness (QED) is 0.238. The third kappa shape index (κ3) is 87.2. The summed E-state index contributed by atoms with van der Waals surface area (Å²) in [4.78, 5) is 0. The van der Waals surface area contributed by atoms with Crippen LogP contribution >= 0.6 is 0 Å². The van der Waals surface area contributed by atoms with Crippen molar-refractivity contribution in [1.29, 1.82) is 0 Å². The predicted molar refractivity (Wildman–Crippen MR) is 86.0 cm³/mol. The van der Waals surface area contributed by atoms with Crippen LogP contribution in [0.25, 0.3) is 0 Å². The van der Waals surface area contributed by atoms with E-state index in [1.54, 1.807) is 13.8 Å². The Labute approximate surface area is 169 Å². The summed E-state index contributed by atoms with van der Waals surface area (Å²) in [5.41, 5.74) is 14.2. The summed E-state index contributed by atoms with van der Waals surface area (Å²) in [6.07, 6.45) is -0.417. The van der Waals surface area contributed by atoms with E-state index in [0.29, 0.717) is 0 Å². The molecule has 13 nitrogen and oxygen atoms in total. The van der Waals surface area contributed by atoms with Crippen LogP contribution in [0.5, 0.6) is 0 Å². The van der Waals surface area contributed by atoms with Gasteiger partial charge >= 0.3 is 21.7 Å². The molecule has 0 fully saturated rings. The van der Waals surface area contributed by atoms with Crippen LogP contribution in [0.4, 0.5) is 0 Å². The zero-order valence-corrected chi connectivity index (χ0v) is 18.4. The first-order valence-electron chi connectivity index (χ1n) is 6.48. The summed E-state index contributed by atoms with van der Waals surface area (Å²) in [5.74, 6) is -1.40. The first-order chi connectivity index (χ1) is 10.9. The van der Waals surface area contributed by atoms with Gasteiger partial charge in [-0.1, -0.05) is 13.8 Å². The minimum Gasteiger partial charge on any atom is -0.852 e. The molecule has 158 valence electrons. The summed E-state index contributed by atoms with van der Waals surface area (Å²) in [5, 5.41) is 9.53. The Balaban J connectivity index is -0.0000000759. The van der Waals surface area contributed by atoms with E-state index >= 15 is 0 Å². The molecule has 0 bridgehead atoms. The van der Waals surface area contributed by atoms with Crippen molar-refractivity contribution in [2.45, 2.75) is 20.0 Å². The van der Waals surface area contributed by atoms with Crippen LogP contribution in [0.2, 0.25) is 0 Å². The van der Waals surface area contributed by atoms with E-state index in [-0.39, 0.29) is 41.4 Å². The van der Waals surface area contributed by atoms with E-state index in [2.05, 4.69) is 0 Å². The molecule has 0 heterocycles. The summed E-state index contributed by atoms with van der Waals surface area (Å²) in [6.45, 7) is 2.95. The molecular formula is C9H25N3O10S3Ti. The van der Waals surface area contributed by atoms with Gasteiger partial charge in [-0.25, -0.2) is 25.3 Å². The smallest absolute Gasteiger partial charge is 0.852 e. The molecule has 0 aliphatic carbocycles. The van der Waals surface area contributed by atoms with Crippen LogP contribution in [-0.4, -0.2) is 81.9 Å². The molecule has 0 aliphatic rings. The van der Waals surface area contributed by atoms with Crippen molar-refractivity contribution in [3.05, 3.63) is 0 Å². The van der Waals surface area contributed by atoms with Crippen molar-refractivity contribution in [3.63, 3.8) is 0 Å². The van der Waals surface area contributed by atoms with E-state index in [9.17, 15) is 44.0 Å². The Morgan fingerprint density at radius 1 is 0.654 bits per heavy atom. The monoisotopic (exact) mass is 479 g/mol. The third-order valence-electron chi connectivity index (χ3n) is 1.10. The van der Waals surface area contributed by atoms with Crippen LogP contribution in [0.15, 0.2) is 0 Å². The fourth-order valence-electron chi connectivity index (χ4n) is 0.433. The molecule has 17 heteroatoms. The van der Waals surface area contributed by atoms with Gasteiger partial charge in [-0.2, -0.15) is 0 Å². The van der Waals surface area contributed by atoms with Crippen molar-refractivity contribution in [1.82, 2.24) is 0 Å². The molecule has 0 unspecified atom stereocenters. The minimum absolute atomic E-state index is 0. The second-order valence-electron chi connectivity index (χ2n) is 4.20. The number of nitrogens with two attached hydrogens (primary N) is 3. The van der Waals surface area contributed by atoms with Gasteiger partial charge in [0, 0.05) is 19.6 Å².